The standard InChI is InChI=1S/C30H29N5/c1-21-9-10-23(22-6-4-8-28(13-22)30(2,3)20-32)14-29(21)35-19-27(15-31)26-12-25(17-34-18-26)24-7-5-11-33-16-24/h4-18,27,31,35H,19H2,1-3H3. The highest BCUT2D eigenvalue weighted by Gasteiger charge is 2.20. The van der Waals surface area contributed by atoms with Crippen molar-refractivity contribution in [3.63, 3.8) is 0 Å². The molecule has 0 aliphatic carbocycles. The Labute approximate surface area is 207 Å². The fraction of sp³-hybridized carbons (Fsp3) is 0.200. The summed E-state index contributed by atoms with van der Waals surface area (Å²) in [6, 6.07) is 22.9. The summed E-state index contributed by atoms with van der Waals surface area (Å²) < 4.78 is 0. The second kappa shape index (κ2) is 10.3. The van der Waals surface area contributed by atoms with Gasteiger partial charge in [-0.1, -0.05) is 36.4 Å². The summed E-state index contributed by atoms with van der Waals surface area (Å²) in [5, 5.41) is 21.1. The molecule has 4 aromatic rings. The van der Waals surface area contributed by atoms with E-state index in [-0.39, 0.29) is 5.92 Å². The van der Waals surface area contributed by atoms with Crippen LogP contribution in [0.4, 0.5) is 5.69 Å². The van der Waals surface area contributed by atoms with Gasteiger partial charge in [0.1, 0.15) is 0 Å². The zero-order chi connectivity index (χ0) is 24.8. The molecule has 0 aliphatic heterocycles. The molecule has 0 saturated heterocycles. The molecule has 0 amide bonds. The van der Waals surface area contributed by atoms with Crippen LogP contribution in [-0.4, -0.2) is 22.7 Å². The van der Waals surface area contributed by atoms with Gasteiger partial charge in [0.2, 0.25) is 0 Å². The highest BCUT2D eigenvalue weighted by Crippen LogP contribution is 2.30. The maximum absolute atomic E-state index is 9.52. The van der Waals surface area contributed by atoms with Gasteiger partial charge in [-0.15, -0.1) is 0 Å². The number of anilines is 1. The molecule has 1 unspecified atom stereocenters. The first-order chi connectivity index (χ1) is 16.9. The van der Waals surface area contributed by atoms with Crippen LogP contribution in [0.15, 0.2) is 85.5 Å². The minimum Gasteiger partial charge on any atom is -0.384 e. The predicted octanol–water partition coefficient (Wildman–Crippen LogP) is 6.77. The first-order valence-corrected chi connectivity index (χ1v) is 11.6. The maximum atomic E-state index is 9.52. The first kappa shape index (κ1) is 23.8. The van der Waals surface area contributed by atoms with Crippen molar-refractivity contribution >= 4 is 11.9 Å². The summed E-state index contributed by atoms with van der Waals surface area (Å²) in [5.74, 6) is -0.123. The average Bonchev–Trinajstić information content (AvgIpc) is 2.90. The number of hydrogen-bond donors (Lipinski definition) is 2. The number of aromatic nitrogens is 2. The average molecular weight is 460 g/mol. The van der Waals surface area contributed by atoms with E-state index >= 15 is 0 Å². The van der Waals surface area contributed by atoms with Gasteiger partial charge in [-0.3, -0.25) is 9.97 Å². The molecule has 0 aliphatic rings. The van der Waals surface area contributed by atoms with E-state index < -0.39 is 5.41 Å². The molecule has 0 bridgehead atoms. The summed E-state index contributed by atoms with van der Waals surface area (Å²) in [4.78, 5) is 8.61. The minimum absolute atomic E-state index is 0.123. The lowest BCUT2D eigenvalue weighted by molar-refractivity contribution is 0.687. The summed E-state index contributed by atoms with van der Waals surface area (Å²) >= 11 is 0. The Morgan fingerprint density at radius 3 is 2.46 bits per heavy atom. The Kier molecular flexibility index (Phi) is 7.03. The highest BCUT2D eigenvalue weighted by molar-refractivity contribution is 5.72. The van der Waals surface area contributed by atoms with E-state index in [0.29, 0.717) is 6.54 Å². The zero-order valence-corrected chi connectivity index (χ0v) is 20.3. The van der Waals surface area contributed by atoms with Crippen LogP contribution in [0.25, 0.3) is 22.3 Å². The van der Waals surface area contributed by atoms with Gasteiger partial charge in [-0.25, -0.2) is 0 Å². The number of nitrogens with zero attached hydrogens (tertiary/aromatic N) is 3. The van der Waals surface area contributed by atoms with Gasteiger partial charge in [0.25, 0.3) is 0 Å². The van der Waals surface area contributed by atoms with Gasteiger partial charge in [0.05, 0.1) is 11.5 Å². The molecule has 0 fully saturated rings. The highest BCUT2D eigenvalue weighted by atomic mass is 14.9. The molecule has 0 spiro atoms. The van der Waals surface area contributed by atoms with Gasteiger partial charge in [-0.2, -0.15) is 5.26 Å². The van der Waals surface area contributed by atoms with Crippen molar-refractivity contribution in [2.75, 3.05) is 11.9 Å². The van der Waals surface area contributed by atoms with Gasteiger partial charge in [0, 0.05) is 60.3 Å². The number of nitriles is 1. The Hall–Kier alpha value is -4.30. The fourth-order valence-corrected chi connectivity index (χ4v) is 3.99. The predicted molar refractivity (Wildman–Crippen MR) is 143 cm³/mol. The van der Waals surface area contributed by atoms with E-state index in [1.807, 2.05) is 56.7 Å². The van der Waals surface area contributed by atoms with Crippen molar-refractivity contribution in [2.45, 2.75) is 32.1 Å². The number of nitrogens with one attached hydrogen (secondary N) is 2. The monoisotopic (exact) mass is 459 g/mol. The van der Waals surface area contributed by atoms with Crippen LogP contribution >= 0.6 is 0 Å². The van der Waals surface area contributed by atoms with Crippen molar-refractivity contribution in [3.8, 4) is 28.3 Å². The lowest BCUT2D eigenvalue weighted by atomic mass is 9.85. The van der Waals surface area contributed by atoms with E-state index in [1.165, 1.54) is 6.21 Å². The van der Waals surface area contributed by atoms with Gasteiger partial charge < -0.3 is 10.7 Å². The minimum atomic E-state index is -0.544. The maximum Gasteiger partial charge on any atom is 0.0766 e. The van der Waals surface area contributed by atoms with E-state index in [0.717, 1.165) is 44.6 Å². The third-order valence-corrected chi connectivity index (χ3v) is 6.33. The second-order valence-corrected chi connectivity index (χ2v) is 9.25. The third kappa shape index (κ3) is 5.44. The Morgan fingerprint density at radius 1 is 0.943 bits per heavy atom. The molecular weight excluding hydrogens is 430 g/mol. The normalized spacial score (nSPS) is 11.9. The number of pyridine rings is 2. The molecule has 5 heteroatoms. The fourth-order valence-electron chi connectivity index (χ4n) is 3.99. The number of hydrogen-bond acceptors (Lipinski definition) is 5. The molecule has 35 heavy (non-hydrogen) atoms. The molecule has 5 nitrogen and oxygen atoms in total. The molecule has 174 valence electrons. The largest absolute Gasteiger partial charge is 0.384 e. The molecule has 2 aromatic heterocycles. The van der Waals surface area contributed by atoms with Crippen molar-refractivity contribution in [1.82, 2.24) is 9.97 Å². The van der Waals surface area contributed by atoms with Crippen molar-refractivity contribution < 1.29 is 0 Å². The molecule has 4 rings (SSSR count). The van der Waals surface area contributed by atoms with Gasteiger partial charge in [0.15, 0.2) is 0 Å². The summed E-state index contributed by atoms with van der Waals surface area (Å²) in [5.41, 5.74) is 7.74. The SMILES string of the molecule is Cc1ccc(-c2cccc(C(C)(C)C#N)c2)cc1NCC(C=N)c1cncc(-c2cccnc2)c1. The van der Waals surface area contributed by atoms with E-state index in [4.69, 9.17) is 5.41 Å². The van der Waals surface area contributed by atoms with E-state index in [2.05, 4.69) is 64.7 Å². The first-order valence-electron chi connectivity index (χ1n) is 11.6. The Bertz CT molecular complexity index is 1370. The van der Waals surface area contributed by atoms with Crippen LogP contribution in [0, 0.1) is 23.7 Å². The Balaban J connectivity index is 1.56. The molecule has 2 N–H and O–H groups in total. The zero-order valence-electron chi connectivity index (χ0n) is 20.3. The van der Waals surface area contributed by atoms with Crippen LogP contribution in [0.1, 0.15) is 36.5 Å². The Morgan fingerprint density at radius 2 is 1.71 bits per heavy atom. The van der Waals surface area contributed by atoms with E-state index in [9.17, 15) is 5.26 Å². The third-order valence-electron chi connectivity index (χ3n) is 6.33. The van der Waals surface area contributed by atoms with Crippen molar-refractivity contribution in [3.05, 3.63) is 102 Å². The lowest BCUT2D eigenvalue weighted by Gasteiger charge is -2.18. The lowest BCUT2D eigenvalue weighted by Crippen LogP contribution is -2.15. The van der Waals surface area contributed by atoms with Crippen molar-refractivity contribution in [1.29, 1.82) is 10.7 Å². The molecule has 2 aromatic carbocycles. The molecular formula is C30H29N5. The summed E-state index contributed by atoms with van der Waals surface area (Å²) in [7, 11) is 0. The van der Waals surface area contributed by atoms with Crippen LogP contribution in [0.2, 0.25) is 0 Å². The van der Waals surface area contributed by atoms with Crippen LogP contribution < -0.4 is 5.32 Å². The molecule has 2 heterocycles. The van der Waals surface area contributed by atoms with Gasteiger partial charge in [-0.05, 0) is 72.9 Å². The molecule has 1 atom stereocenters. The second-order valence-electron chi connectivity index (χ2n) is 9.25. The van der Waals surface area contributed by atoms with E-state index in [1.54, 1.807) is 6.20 Å². The van der Waals surface area contributed by atoms with Crippen LogP contribution in [0.3, 0.4) is 0 Å². The van der Waals surface area contributed by atoms with Crippen molar-refractivity contribution in [2.24, 2.45) is 0 Å². The number of aryl methyl sites for hydroxylation is 1. The smallest absolute Gasteiger partial charge is 0.0766 e. The summed E-state index contributed by atoms with van der Waals surface area (Å²) in [6.45, 7) is 6.52. The number of benzene rings is 2. The summed E-state index contributed by atoms with van der Waals surface area (Å²) in [6.07, 6.45) is 8.68. The number of rotatable bonds is 8. The molecule has 0 saturated carbocycles. The topological polar surface area (TPSA) is 85.5 Å². The van der Waals surface area contributed by atoms with Crippen LogP contribution in [0.5, 0.6) is 0 Å². The quantitative estimate of drug-likeness (QED) is 0.285. The van der Waals surface area contributed by atoms with Crippen LogP contribution in [-0.2, 0) is 5.41 Å². The molecule has 0 radical (unpaired) electrons. The van der Waals surface area contributed by atoms with Gasteiger partial charge >= 0.3 is 0 Å².